The molecular weight excluding hydrogens is 202 g/mol. The molecule has 0 spiro atoms. The summed E-state index contributed by atoms with van der Waals surface area (Å²) in [4.78, 5) is 10.2. The highest BCUT2D eigenvalue weighted by Crippen LogP contribution is 2.13. The number of benzene rings is 1. The van der Waals surface area contributed by atoms with Gasteiger partial charge in [-0.1, -0.05) is 42.1 Å². The van der Waals surface area contributed by atoms with Gasteiger partial charge in [-0.15, -0.1) is 0 Å². The summed E-state index contributed by atoms with van der Waals surface area (Å²) in [5.74, 6) is 0.804. The van der Waals surface area contributed by atoms with Crippen molar-refractivity contribution in [2.75, 3.05) is 6.61 Å². The number of hydrogen-bond acceptors (Lipinski definition) is 3. The molecule has 0 N–H and O–H groups in total. The van der Waals surface area contributed by atoms with Crippen molar-refractivity contribution < 1.29 is 4.74 Å². The fraction of sp³-hybridized carbons (Fsp3) is 0.231. The molecule has 0 aliphatic rings. The topological polar surface area (TPSA) is 38.7 Å². The molecule has 0 aliphatic heterocycles. The Morgan fingerprint density at radius 2 is 2.12 bits per heavy atom. The molecule has 1 rings (SSSR count). The smallest absolute Gasteiger partial charge is 0.119 e. The molecule has 3 heteroatoms. The van der Waals surface area contributed by atoms with Crippen molar-refractivity contribution in [1.82, 2.24) is 0 Å². The summed E-state index contributed by atoms with van der Waals surface area (Å²) < 4.78 is 5.35. The Hall–Kier alpha value is -1.90. The molecule has 16 heavy (non-hydrogen) atoms. The van der Waals surface area contributed by atoms with Crippen LogP contribution >= 0.6 is 0 Å². The lowest BCUT2D eigenvalue weighted by molar-refractivity contribution is 0.363. The SMILES string of the molecule is C=CCOc1ccc(/C=C/C(C)N=O)cc1. The van der Waals surface area contributed by atoms with Gasteiger partial charge in [0.15, 0.2) is 0 Å². The number of ether oxygens (including phenoxy) is 1. The van der Waals surface area contributed by atoms with E-state index in [1.54, 1.807) is 19.1 Å². The first-order valence-electron chi connectivity index (χ1n) is 5.10. The summed E-state index contributed by atoms with van der Waals surface area (Å²) in [5.41, 5.74) is 1.02. The van der Waals surface area contributed by atoms with E-state index in [1.807, 2.05) is 30.3 Å². The van der Waals surface area contributed by atoms with Gasteiger partial charge in [-0.3, -0.25) is 0 Å². The second-order valence-corrected chi connectivity index (χ2v) is 3.37. The Balaban J connectivity index is 2.60. The van der Waals surface area contributed by atoms with Crippen LogP contribution in [-0.4, -0.2) is 12.6 Å². The van der Waals surface area contributed by atoms with Crippen molar-refractivity contribution in [3.63, 3.8) is 0 Å². The summed E-state index contributed by atoms with van der Waals surface area (Å²) in [6, 6.07) is 7.31. The molecule has 0 saturated heterocycles. The van der Waals surface area contributed by atoms with E-state index in [4.69, 9.17) is 4.74 Å². The van der Waals surface area contributed by atoms with Gasteiger partial charge in [0.2, 0.25) is 0 Å². The third kappa shape index (κ3) is 4.09. The van der Waals surface area contributed by atoms with Gasteiger partial charge in [-0.05, 0) is 24.6 Å². The first kappa shape index (κ1) is 12.2. The van der Waals surface area contributed by atoms with E-state index >= 15 is 0 Å². The zero-order chi connectivity index (χ0) is 11.8. The van der Waals surface area contributed by atoms with Crippen molar-refractivity contribution in [2.24, 2.45) is 5.18 Å². The Kier molecular flexibility index (Phi) is 4.99. The predicted octanol–water partition coefficient (Wildman–Crippen LogP) is 3.42. The van der Waals surface area contributed by atoms with Crippen molar-refractivity contribution in [1.29, 1.82) is 0 Å². The van der Waals surface area contributed by atoms with E-state index in [0.717, 1.165) is 11.3 Å². The Bertz CT molecular complexity index is 368. The van der Waals surface area contributed by atoms with E-state index in [2.05, 4.69) is 11.8 Å². The summed E-state index contributed by atoms with van der Waals surface area (Å²) in [7, 11) is 0. The van der Waals surface area contributed by atoms with Gasteiger partial charge in [-0.25, -0.2) is 0 Å². The zero-order valence-corrected chi connectivity index (χ0v) is 9.30. The van der Waals surface area contributed by atoms with Crippen LogP contribution in [0.4, 0.5) is 0 Å². The van der Waals surface area contributed by atoms with E-state index < -0.39 is 0 Å². The minimum Gasteiger partial charge on any atom is -0.490 e. The largest absolute Gasteiger partial charge is 0.490 e. The van der Waals surface area contributed by atoms with Crippen LogP contribution in [-0.2, 0) is 0 Å². The number of rotatable bonds is 6. The lowest BCUT2D eigenvalue weighted by Gasteiger charge is -2.02. The molecule has 0 bridgehead atoms. The molecule has 0 heterocycles. The summed E-state index contributed by atoms with van der Waals surface area (Å²) in [5, 5.41) is 2.89. The maximum absolute atomic E-state index is 10.2. The number of hydrogen-bond donors (Lipinski definition) is 0. The Morgan fingerprint density at radius 1 is 1.44 bits per heavy atom. The van der Waals surface area contributed by atoms with E-state index in [1.165, 1.54) is 0 Å². The van der Waals surface area contributed by atoms with Crippen LogP contribution in [0.25, 0.3) is 6.08 Å². The molecule has 0 saturated carbocycles. The maximum Gasteiger partial charge on any atom is 0.119 e. The first-order chi connectivity index (χ1) is 7.76. The Labute approximate surface area is 95.4 Å². The van der Waals surface area contributed by atoms with Gasteiger partial charge in [0.25, 0.3) is 0 Å². The highest BCUT2D eigenvalue weighted by atomic mass is 16.5. The van der Waals surface area contributed by atoms with Crippen LogP contribution < -0.4 is 4.74 Å². The fourth-order valence-electron chi connectivity index (χ4n) is 1.12. The molecule has 84 valence electrons. The third-order valence-electron chi connectivity index (χ3n) is 1.98. The maximum atomic E-state index is 10.2. The van der Waals surface area contributed by atoms with Crippen LogP contribution in [0.5, 0.6) is 5.75 Å². The van der Waals surface area contributed by atoms with Crippen LogP contribution in [0.15, 0.2) is 48.2 Å². The molecule has 0 fully saturated rings. The average molecular weight is 217 g/mol. The van der Waals surface area contributed by atoms with Gasteiger partial charge >= 0.3 is 0 Å². The van der Waals surface area contributed by atoms with Crippen LogP contribution in [0.1, 0.15) is 12.5 Å². The van der Waals surface area contributed by atoms with Crippen molar-refractivity contribution in [2.45, 2.75) is 13.0 Å². The standard InChI is InChI=1S/C13H15NO2/c1-3-10-16-13-8-6-12(7-9-13)5-4-11(2)14-15/h3-9,11H,1,10H2,2H3/b5-4+. The normalized spacial score (nSPS) is 12.3. The van der Waals surface area contributed by atoms with E-state index in [9.17, 15) is 4.91 Å². The number of nitroso groups, excluding NO2 is 1. The lowest BCUT2D eigenvalue weighted by atomic mass is 10.2. The second-order valence-electron chi connectivity index (χ2n) is 3.37. The van der Waals surface area contributed by atoms with Gasteiger partial charge < -0.3 is 4.74 Å². The predicted molar refractivity (Wildman–Crippen MR) is 66.4 cm³/mol. The van der Waals surface area contributed by atoms with Crippen molar-refractivity contribution in [3.8, 4) is 5.75 Å². The monoisotopic (exact) mass is 217 g/mol. The van der Waals surface area contributed by atoms with Gasteiger partial charge in [0.05, 0.1) is 0 Å². The van der Waals surface area contributed by atoms with Crippen molar-refractivity contribution >= 4 is 6.08 Å². The van der Waals surface area contributed by atoms with Gasteiger partial charge in [0.1, 0.15) is 18.4 Å². The first-order valence-corrected chi connectivity index (χ1v) is 5.10. The quantitative estimate of drug-likeness (QED) is 0.541. The molecule has 3 nitrogen and oxygen atoms in total. The molecule has 0 amide bonds. The lowest BCUT2D eigenvalue weighted by Crippen LogP contribution is -1.92. The second kappa shape index (κ2) is 6.56. The molecule has 1 aromatic carbocycles. The third-order valence-corrected chi connectivity index (χ3v) is 1.98. The van der Waals surface area contributed by atoms with E-state index in [0.29, 0.717) is 6.61 Å². The highest BCUT2D eigenvalue weighted by Gasteiger charge is 1.94. The van der Waals surface area contributed by atoms with Crippen molar-refractivity contribution in [3.05, 3.63) is 53.5 Å². The average Bonchev–Trinajstić information content (AvgIpc) is 2.34. The molecule has 1 unspecified atom stereocenters. The van der Waals surface area contributed by atoms with Crippen LogP contribution in [0, 0.1) is 4.91 Å². The zero-order valence-electron chi connectivity index (χ0n) is 9.30. The molecule has 0 aliphatic carbocycles. The van der Waals surface area contributed by atoms with Gasteiger partial charge in [0, 0.05) is 0 Å². The summed E-state index contributed by atoms with van der Waals surface area (Å²) >= 11 is 0. The van der Waals surface area contributed by atoms with Crippen LogP contribution in [0.2, 0.25) is 0 Å². The molecular formula is C13H15NO2. The fourth-order valence-corrected chi connectivity index (χ4v) is 1.12. The molecule has 1 aromatic rings. The van der Waals surface area contributed by atoms with Gasteiger partial charge in [-0.2, -0.15) is 4.91 Å². The summed E-state index contributed by atoms with van der Waals surface area (Å²) in [6.45, 7) is 5.82. The van der Waals surface area contributed by atoms with E-state index in [-0.39, 0.29) is 6.04 Å². The minimum absolute atomic E-state index is 0.295. The van der Waals surface area contributed by atoms with Crippen LogP contribution in [0.3, 0.4) is 0 Å². The molecule has 0 radical (unpaired) electrons. The summed E-state index contributed by atoms with van der Waals surface area (Å²) in [6.07, 6.45) is 5.32. The minimum atomic E-state index is -0.295. The highest BCUT2D eigenvalue weighted by molar-refractivity contribution is 5.51. The Morgan fingerprint density at radius 3 is 2.69 bits per heavy atom. The molecule has 1 atom stereocenters. The number of nitrogens with zero attached hydrogens (tertiary/aromatic N) is 1. The molecule has 0 aromatic heterocycles.